The molecule has 3 rings (SSSR count). The standard InChI is InChI=1S/C17H16BrN3O2S/c1-3-21(15-7-6-12(18)10-19-15)16(22)9-13-11(2)23-17(20-13)14-5-4-8-24-14/h4-8,10H,3,9H2,1-2H3. The number of thiophene rings is 1. The van der Waals surface area contributed by atoms with E-state index in [1.807, 2.05) is 43.5 Å². The van der Waals surface area contributed by atoms with Crippen LogP contribution in [0, 0.1) is 6.92 Å². The largest absolute Gasteiger partial charge is 0.440 e. The molecule has 0 saturated heterocycles. The molecule has 24 heavy (non-hydrogen) atoms. The zero-order valence-corrected chi connectivity index (χ0v) is 15.7. The van der Waals surface area contributed by atoms with Gasteiger partial charge in [-0.25, -0.2) is 9.97 Å². The van der Waals surface area contributed by atoms with Gasteiger partial charge in [-0.3, -0.25) is 9.69 Å². The second kappa shape index (κ2) is 7.27. The van der Waals surface area contributed by atoms with E-state index in [1.165, 1.54) is 0 Å². The van der Waals surface area contributed by atoms with Crippen LogP contribution in [0.2, 0.25) is 0 Å². The normalized spacial score (nSPS) is 10.8. The molecule has 0 aromatic carbocycles. The predicted molar refractivity (Wildman–Crippen MR) is 98.2 cm³/mol. The van der Waals surface area contributed by atoms with E-state index in [0.717, 1.165) is 9.35 Å². The lowest BCUT2D eigenvalue weighted by molar-refractivity contribution is -0.118. The molecule has 0 N–H and O–H groups in total. The van der Waals surface area contributed by atoms with Crippen LogP contribution in [0.5, 0.6) is 0 Å². The van der Waals surface area contributed by atoms with Crippen molar-refractivity contribution < 1.29 is 9.21 Å². The van der Waals surface area contributed by atoms with Crippen LogP contribution in [-0.2, 0) is 11.2 Å². The zero-order valence-electron chi connectivity index (χ0n) is 13.3. The highest BCUT2D eigenvalue weighted by Crippen LogP contribution is 2.26. The number of oxazole rings is 1. The van der Waals surface area contributed by atoms with Gasteiger partial charge in [0.25, 0.3) is 0 Å². The van der Waals surface area contributed by atoms with Gasteiger partial charge in [-0.15, -0.1) is 11.3 Å². The second-order valence-electron chi connectivity index (χ2n) is 5.15. The molecule has 124 valence electrons. The molecule has 3 aromatic rings. The van der Waals surface area contributed by atoms with Gasteiger partial charge in [0.2, 0.25) is 11.8 Å². The summed E-state index contributed by atoms with van der Waals surface area (Å²) < 4.78 is 6.58. The Bertz CT molecular complexity index is 828. The number of nitrogens with zero attached hydrogens (tertiary/aromatic N) is 3. The Kier molecular flexibility index (Phi) is 5.11. The fourth-order valence-corrected chi connectivity index (χ4v) is 3.21. The molecule has 3 aromatic heterocycles. The zero-order chi connectivity index (χ0) is 17.1. The minimum atomic E-state index is -0.0542. The van der Waals surface area contributed by atoms with Gasteiger partial charge in [0.05, 0.1) is 17.0 Å². The quantitative estimate of drug-likeness (QED) is 0.628. The molecular formula is C17H16BrN3O2S. The number of rotatable bonds is 5. The summed E-state index contributed by atoms with van der Waals surface area (Å²) in [6, 6.07) is 7.58. The molecule has 0 aliphatic rings. The summed E-state index contributed by atoms with van der Waals surface area (Å²) >= 11 is 4.91. The maximum absolute atomic E-state index is 12.7. The molecule has 3 heterocycles. The van der Waals surface area contributed by atoms with Gasteiger partial charge >= 0.3 is 0 Å². The highest BCUT2D eigenvalue weighted by atomic mass is 79.9. The van der Waals surface area contributed by atoms with Crippen molar-refractivity contribution in [3.05, 3.63) is 51.8 Å². The molecule has 7 heteroatoms. The Morgan fingerprint density at radius 1 is 1.38 bits per heavy atom. The monoisotopic (exact) mass is 405 g/mol. The average Bonchev–Trinajstić information content (AvgIpc) is 3.20. The van der Waals surface area contributed by atoms with Crippen molar-refractivity contribution >= 4 is 39.0 Å². The first kappa shape index (κ1) is 16.9. The first-order valence-electron chi connectivity index (χ1n) is 7.50. The first-order chi connectivity index (χ1) is 11.6. The molecule has 0 saturated carbocycles. The van der Waals surface area contributed by atoms with Crippen molar-refractivity contribution in [1.29, 1.82) is 0 Å². The van der Waals surface area contributed by atoms with E-state index < -0.39 is 0 Å². The maximum atomic E-state index is 12.7. The Balaban J connectivity index is 1.79. The van der Waals surface area contributed by atoms with Crippen LogP contribution in [0.1, 0.15) is 18.4 Å². The molecule has 0 aliphatic heterocycles. The highest BCUT2D eigenvalue weighted by molar-refractivity contribution is 9.10. The third kappa shape index (κ3) is 3.57. The number of carbonyl (C=O) groups excluding carboxylic acids is 1. The second-order valence-corrected chi connectivity index (χ2v) is 7.01. The number of amides is 1. The van der Waals surface area contributed by atoms with E-state index in [0.29, 0.717) is 29.7 Å². The predicted octanol–water partition coefficient (Wildman–Crippen LogP) is 4.46. The fourth-order valence-electron chi connectivity index (χ4n) is 2.33. The molecule has 0 fully saturated rings. The number of anilines is 1. The number of likely N-dealkylation sites (N-methyl/N-ethyl adjacent to an activating group) is 1. The van der Waals surface area contributed by atoms with Gasteiger partial charge < -0.3 is 4.42 Å². The molecule has 0 radical (unpaired) electrons. The number of pyridine rings is 1. The van der Waals surface area contributed by atoms with Crippen molar-refractivity contribution in [3.8, 4) is 10.8 Å². The minimum absolute atomic E-state index is 0.0542. The number of halogens is 1. The van der Waals surface area contributed by atoms with Crippen LogP contribution in [0.3, 0.4) is 0 Å². The molecule has 0 bridgehead atoms. The van der Waals surface area contributed by atoms with Crippen molar-refractivity contribution in [3.63, 3.8) is 0 Å². The van der Waals surface area contributed by atoms with E-state index in [9.17, 15) is 4.79 Å². The van der Waals surface area contributed by atoms with Gasteiger partial charge in [-0.2, -0.15) is 0 Å². The van der Waals surface area contributed by atoms with E-state index >= 15 is 0 Å². The van der Waals surface area contributed by atoms with Crippen LogP contribution in [0.25, 0.3) is 10.8 Å². The highest BCUT2D eigenvalue weighted by Gasteiger charge is 2.20. The lowest BCUT2D eigenvalue weighted by atomic mass is 10.2. The molecule has 0 atom stereocenters. The van der Waals surface area contributed by atoms with Crippen LogP contribution in [-0.4, -0.2) is 22.4 Å². The first-order valence-corrected chi connectivity index (χ1v) is 9.18. The van der Waals surface area contributed by atoms with Gasteiger partial charge in [-0.1, -0.05) is 6.07 Å². The molecule has 0 unspecified atom stereocenters. The minimum Gasteiger partial charge on any atom is -0.440 e. The SMILES string of the molecule is CCN(C(=O)Cc1nc(-c2cccs2)oc1C)c1ccc(Br)cn1. The average molecular weight is 406 g/mol. The smallest absolute Gasteiger partial charge is 0.236 e. The molecule has 5 nitrogen and oxygen atoms in total. The Labute approximate surface area is 152 Å². The Morgan fingerprint density at radius 2 is 2.21 bits per heavy atom. The summed E-state index contributed by atoms with van der Waals surface area (Å²) in [4.78, 5) is 24.1. The van der Waals surface area contributed by atoms with Crippen LogP contribution in [0.15, 0.2) is 44.7 Å². The summed E-state index contributed by atoms with van der Waals surface area (Å²) in [6.07, 6.45) is 1.87. The molecular weight excluding hydrogens is 390 g/mol. The van der Waals surface area contributed by atoms with Crippen LogP contribution >= 0.6 is 27.3 Å². The number of carbonyl (C=O) groups is 1. The summed E-state index contributed by atoms with van der Waals surface area (Å²) in [5, 5.41) is 1.97. The van der Waals surface area contributed by atoms with Crippen molar-refractivity contribution in [2.75, 3.05) is 11.4 Å². The summed E-state index contributed by atoms with van der Waals surface area (Å²) in [6.45, 7) is 4.30. The molecule has 1 amide bonds. The van der Waals surface area contributed by atoms with Gasteiger partial charge in [0.15, 0.2) is 0 Å². The molecule has 0 aliphatic carbocycles. The lowest BCUT2D eigenvalue weighted by Crippen LogP contribution is -2.32. The van der Waals surface area contributed by atoms with Crippen molar-refractivity contribution in [1.82, 2.24) is 9.97 Å². The Hall–Kier alpha value is -1.99. The number of hydrogen-bond acceptors (Lipinski definition) is 5. The fraction of sp³-hybridized carbons (Fsp3) is 0.235. The number of aryl methyl sites for hydroxylation is 1. The van der Waals surface area contributed by atoms with E-state index in [4.69, 9.17) is 4.42 Å². The number of hydrogen-bond donors (Lipinski definition) is 0. The van der Waals surface area contributed by atoms with Crippen molar-refractivity contribution in [2.45, 2.75) is 20.3 Å². The van der Waals surface area contributed by atoms with Crippen LogP contribution in [0.4, 0.5) is 5.82 Å². The van der Waals surface area contributed by atoms with Crippen molar-refractivity contribution in [2.24, 2.45) is 0 Å². The van der Waals surface area contributed by atoms with E-state index in [2.05, 4.69) is 25.9 Å². The van der Waals surface area contributed by atoms with E-state index in [1.54, 1.807) is 22.4 Å². The van der Waals surface area contributed by atoms with E-state index in [-0.39, 0.29) is 12.3 Å². The summed E-state index contributed by atoms with van der Waals surface area (Å²) in [5.41, 5.74) is 0.666. The van der Waals surface area contributed by atoms with Gasteiger partial charge in [0.1, 0.15) is 11.6 Å². The lowest BCUT2D eigenvalue weighted by Gasteiger charge is -2.19. The van der Waals surface area contributed by atoms with Crippen LogP contribution < -0.4 is 4.90 Å². The Morgan fingerprint density at radius 3 is 2.83 bits per heavy atom. The maximum Gasteiger partial charge on any atom is 0.236 e. The molecule has 0 spiro atoms. The van der Waals surface area contributed by atoms with Gasteiger partial charge in [0, 0.05) is 17.2 Å². The summed E-state index contributed by atoms with van der Waals surface area (Å²) in [5.74, 6) is 1.81. The summed E-state index contributed by atoms with van der Waals surface area (Å²) in [7, 11) is 0. The third-order valence-corrected chi connectivity index (χ3v) is 4.88. The van der Waals surface area contributed by atoms with Gasteiger partial charge in [-0.05, 0) is 53.4 Å². The third-order valence-electron chi connectivity index (χ3n) is 3.55. The number of aromatic nitrogens is 2. The topological polar surface area (TPSA) is 59.2 Å².